The summed E-state index contributed by atoms with van der Waals surface area (Å²) in [5, 5.41) is 5.18. The predicted octanol–water partition coefficient (Wildman–Crippen LogP) is 10.9. The SMILES string of the molecule is COc1ccc2c(O[C@@H]3C[C@H]4C(=O)C[C@]5(P(=O)(O)Cc6c(F)cccc6F)C[C@@H]5/C=C\CCCC[C@@H](C)[C@H](CC(=O)OC5CCCC5)C(=O)N4C3)cc(-c3csc(NC(C)C)n3)nc2c1Cl. The molecule has 7 atom stereocenters. The minimum Gasteiger partial charge on any atom is -0.495 e. The molecule has 2 aromatic carbocycles. The summed E-state index contributed by atoms with van der Waals surface area (Å²) in [6, 6.07) is 7.55. The highest BCUT2D eigenvalue weighted by atomic mass is 35.5. The standard InChI is InChI=1S/C49H58ClF2N4O8PS/c1-28(2)53-48-55-39(27-66-48)38-22-43(33-18-19-42(62-4)45(50)46(33)54-38)63-32-20-40-41(57)24-49(65(60,61)26-35-36(51)16-11-17-37(35)52)23-30(49)13-8-6-5-7-12-29(3)34(47(59)56(40)25-32)21-44(58)64-31-14-9-10-15-31/h8,11,13,16-19,22,27-32,34,40H,5-7,9-10,12,14-15,20-21,23-26H2,1-4H3,(H,53,55)(H,60,61)/b13-8-/t29-,30+,32-,34+,40+,49-/m1/s1. The molecular weight excluding hydrogens is 909 g/mol. The lowest BCUT2D eigenvalue weighted by atomic mass is 9.85. The number of carbonyl (C=O) groups excluding carboxylic acids is 3. The number of hydrogen-bond donors (Lipinski definition) is 2. The molecule has 1 unspecified atom stereocenters. The highest BCUT2D eigenvalue weighted by molar-refractivity contribution is 7.59. The van der Waals surface area contributed by atoms with Crippen molar-refractivity contribution in [1.29, 1.82) is 0 Å². The number of nitrogens with zero attached hydrogens (tertiary/aromatic N) is 3. The maximum Gasteiger partial charge on any atom is 0.306 e. The van der Waals surface area contributed by atoms with Crippen LogP contribution in [-0.2, 0) is 29.8 Å². The Morgan fingerprint density at radius 1 is 1.05 bits per heavy atom. The van der Waals surface area contributed by atoms with Gasteiger partial charge in [0, 0.05) is 41.3 Å². The fourth-order valence-corrected chi connectivity index (χ4v) is 13.7. The lowest BCUT2D eigenvalue weighted by Gasteiger charge is -2.32. The first kappa shape index (κ1) is 48.0. The van der Waals surface area contributed by atoms with E-state index >= 15 is 18.4 Å². The zero-order valence-corrected chi connectivity index (χ0v) is 40.2. The number of benzene rings is 2. The molecule has 0 bridgehead atoms. The Labute approximate surface area is 393 Å². The van der Waals surface area contributed by atoms with Crippen molar-refractivity contribution in [3.05, 3.63) is 76.2 Å². The first-order chi connectivity index (χ1) is 31.6. The number of methoxy groups -OCH3 is 1. The zero-order valence-electron chi connectivity index (χ0n) is 37.8. The second-order valence-electron chi connectivity index (χ2n) is 18.8. The first-order valence-corrected chi connectivity index (χ1v) is 26.2. The van der Waals surface area contributed by atoms with Gasteiger partial charge < -0.3 is 29.3 Å². The van der Waals surface area contributed by atoms with Crippen molar-refractivity contribution in [3.63, 3.8) is 0 Å². The van der Waals surface area contributed by atoms with Crippen molar-refractivity contribution in [3.8, 4) is 22.9 Å². The number of ether oxygens (including phenoxy) is 3. The van der Waals surface area contributed by atoms with E-state index in [1.165, 1.54) is 29.4 Å². The van der Waals surface area contributed by atoms with Crippen molar-refractivity contribution in [1.82, 2.24) is 14.9 Å². The minimum atomic E-state index is -4.50. The summed E-state index contributed by atoms with van der Waals surface area (Å²) >= 11 is 8.31. The number of aromatic nitrogens is 2. The topological polar surface area (TPSA) is 157 Å². The van der Waals surface area contributed by atoms with Gasteiger partial charge in [-0.05, 0) is 101 Å². The third kappa shape index (κ3) is 10.2. The van der Waals surface area contributed by atoms with Gasteiger partial charge in [-0.3, -0.25) is 18.9 Å². The van der Waals surface area contributed by atoms with Crippen LogP contribution in [-0.4, -0.2) is 80.5 Å². The molecule has 2 N–H and O–H groups in total. The number of esters is 1. The van der Waals surface area contributed by atoms with Crippen LogP contribution in [0, 0.1) is 29.4 Å². The molecule has 4 heterocycles. The summed E-state index contributed by atoms with van der Waals surface area (Å²) in [5.41, 5.74) is 0.927. The molecule has 4 aromatic rings. The van der Waals surface area contributed by atoms with Gasteiger partial charge in [0.15, 0.2) is 10.9 Å². The molecule has 2 aliphatic carbocycles. The molecule has 12 nitrogen and oxygen atoms in total. The fourth-order valence-electron chi connectivity index (χ4n) is 10.0. The number of halogens is 3. The predicted molar refractivity (Wildman–Crippen MR) is 251 cm³/mol. The number of carbonyl (C=O) groups is 3. The largest absolute Gasteiger partial charge is 0.495 e. The normalized spacial score (nSPS) is 26.6. The van der Waals surface area contributed by atoms with Gasteiger partial charge in [0.2, 0.25) is 13.3 Å². The molecule has 2 aromatic heterocycles. The molecule has 354 valence electrons. The molecule has 66 heavy (non-hydrogen) atoms. The van der Waals surface area contributed by atoms with Crippen LogP contribution in [0.15, 0.2) is 53.9 Å². The van der Waals surface area contributed by atoms with Crippen LogP contribution in [0.2, 0.25) is 5.02 Å². The summed E-state index contributed by atoms with van der Waals surface area (Å²) in [6.45, 7) is 5.95. The van der Waals surface area contributed by atoms with Gasteiger partial charge in [-0.15, -0.1) is 11.3 Å². The molecule has 17 heteroatoms. The van der Waals surface area contributed by atoms with Crippen molar-refractivity contribution >= 4 is 64.0 Å². The van der Waals surface area contributed by atoms with Gasteiger partial charge in [-0.2, -0.15) is 0 Å². The number of fused-ring (bicyclic) bond motifs is 3. The number of pyridine rings is 1. The van der Waals surface area contributed by atoms with E-state index < -0.39 is 83.9 Å². The molecule has 2 saturated carbocycles. The number of ketones is 1. The van der Waals surface area contributed by atoms with E-state index in [-0.39, 0.29) is 48.9 Å². The van der Waals surface area contributed by atoms with E-state index in [0.29, 0.717) is 51.8 Å². The summed E-state index contributed by atoms with van der Waals surface area (Å²) in [5.74, 6) is -4.00. The second kappa shape index (κ2) is 20.0. The highest BCUT2D eigenvalue weighted by Crippen LogP contribution is 2.74. The number of rotatable bonds is 12. The molecule has 3 fully saturated rings. The van der Waals surface area contributed by atoms with Gasteiger partial charge in [0.25, 0.3) is 0 Å². The second-order valence-corrected chi connectivity index (χ2v) is 22.7. The number of Topliss-reactive ketones (excluding diaryl/α,β-unsaturated/α-hetero) is 1. The Bertz CT molecular complexity index is 2530. The molecule has 1 saturated heterocycles. The first-order valence-electron chi connectivity index (χ1n) is 23.1. The molecule has 2 aliphatic heterocycles. The minimum absolute atomic E-state index is 0.0225. The Balaban J connectivity index is 1.16. The molecule has 1 amide bonds. The van der Waals surface area contributed by atoms with Crippen LogP contribution in [0.1, 0.15) is 103 Å². The van der Waals surface area contributed by atoms with Gasteiger partial charge >= 0.3 is 5.97 Å². The lowest BCUT2D eigenvalue weighted by molar-refractivity contribution is -0.155. The monoisotopic (exact) mass is 966 g/mol. The lowest BCUT2D eigenvalue weighted by Crippen LogP contribution is -2.46. The van der Waals surface area contributed by atoms with Crippen LogP contribution in [0.25, 0.3) is 22.3 Å². The molecule has 8 rings (SSSR count). The van der Waals surface area contributed by atoms with Crippen molar-refractivity contribution < 1.29 is 46.8 Å². The number of hydrogen-bond acceptors (Lipinski definition) is 11. The van der Waals surface area contributed by atoms with E-state index in [2.05, 4.69) is 5.32 Å². The summed E-state index contributed by atoms with van der Waals surface area (Å²) in [7, 11) is -2.99. The molecule has 0 radical (unpaired) electrons. The third-order valence-electron chi connectivity index (χ3n) is 13.8. The molecule has 0 spiro atoms. The molecular formula is C49H58ClF2N4O8PS. The summed E-state index contributed by atoms with van der Waals surface area (Å²) in [6.07, 6.45) is 7.97. The van der Waals surface area contributed by atoms with Gasteiger partial charge in [0.1, 0.15) is 46.1 Å². The van der Waals surface area contributed by atoms with Crippen LogP contribution < -0.4 is 14.8 Å². The van der Waals surface area contributed by atoms with Crippen LogP contribution in [0.5, 0.6) is 11.5 Å². The maximum absolute atomic E-state index is 15.2. The van der Waals surface area contributed by atoms with E-state index in [9.17, 15) is 14.3 Å². The van der Waals surface area contributed by atoms with Crippen molar-refractivity contribution in [2.24, 2.45) is 17.8 Å². The Morgan fingerprint density at radius 3 is 2.52 bits per heavy atom. The highest BCUT2D eigenvalue weighted by Gasteiger charge is 2.65. The maximum atomic E-state index is 15.2. The smallest absolute Gasteiger partial charge is 0.306 e. The van der Waals surface area contributed by atoms with Gasteiger partial charge in [-0.25, -0.2) is 18.7 Å². The third-order valence-corrected chi connectivity index (χ3v) is 17.8. The Kier molecular flexibility index (Phi) is 14.6. The Morgan fingerprint density at radius 2 is 1.79 bits per heavy atom. The Hall–Kier alpha value is -4.43. The average molecular weight is 968 g/mol. The van der Waals surface area contributed by atoms with Crippen LogP contribution in [0.3, 0.4) is 0 Å². The average Bonchev–Trinajstić information content (AvgIpc) is 3.69. The van der Waals surface area contributed by atoms with Crippen molar-refractivity contribution in [2.75, 3.05) is 19.0 Å². The van der Waals surface area contributed by atoms with E-state index in [1.807, 2.05) is 38.3 Å². The van der Waals surface area contributed by atoms with Crippen LogP contribution in [0.4, 0.5) is 13.9 Å². The fraction of sp³-hybridized carbons (Fsp3) is 0.531. The zero-order chi connectivity index (χ0) is 46.9. The van der Waals surface area contributed by atoms with Gasteiger partial charge in [-0.1, -0.05) is 43.2 Å². The van der Waals surface area contributed by atoms with Crippen LogP contribution >= 0.6 is 30.3 Å². The van der Waals surface area contributed by atoms with Gasteiger partial charge in [0.05, 0.1) is 54.6 Å². The number of nitrogens with one attached hydrogen (secondary N) is 1. The quantitative estimate of drug-likeness (QED) is 0.0791. The van der Waals surface area contributed by atoms with E-state index in [1.54, 1.807) is 18.2 Å². The van der Waals surface area contributed by atoms with E-state index in [4.69, 9.17) is 35.8 Å². The number of amides is 1. The summed E-state index contributed by atoms with van der Waals surface area (Å²) in [4.78, 5) is 66.9. The number of anilines is 1. The summed E-state index contributed by atoms with van der Waals surface area (Å²) < 4.78 is 62.9. The van der Waals surface area contributed by atoms with Crippen molar-refractivity contribution in [2.45, 2.75) is 133 Å². The van der Waals surface area contributed by atoms with E-state index in [0.717, 1.165) is 50.7 Å². The molecule has 4 aliphatic rings. The number of thiazole rings is 1. The number of allylic oxidation sites excluding steroid dienone is 2.